The second-order valence-corrected chi connectivity index (χ2v) is 2.90. The minimum atomic E-state index is -0.0469. The lowest BCUT2D eigenvalue weighted by molar-refractivity contribution is -0.114. The van der Waals surface area contributed by atoms with Gasteiger partial charge in [0, 0.05) is 19.3 Å². The number of carbonyl (C=O) groups excluding carboxylic acids is 1. The number of nitrogens with zero attached hydrogens (tertiary/aromatic N) is 1. The van der Waals surface area contributed by atoms with Gasteiger partial charge in [0.05, 0.1) is 11.2 Å². The van der Waals surface area contributed by atoms with Crippen molar-refractivity contribution in [3.8, 4) is 0 Å². The number of pyridine rings is 1. The third-order valence-electron chi connectivity index (χ3n) is 1.88. The highest BCUT2D eigenvalue weighted by Gasteiger charge is 2.00. The molecule has 66 valence electrons. The van der Waals surface area contributed by atoms with Crippen molar-refractivity contribution in [3.05, 3.63) is 36.7 Å². The highest BCUT2D eigenvalue weighted by molar-refractivity contribution is 5.93. The zero-order valence-electron chi connectivity index (χ0n) is 7.32. The van der Waals surface area contributed by atoms with E-state index in [1.54, 1.807) is 0 Å². The summed E-state index contributed by atoms with van der Waals surface area (Å²) in [5, 5.41) is 2.77. The molecule has 0 radical (unpaired) electrons. The number of rotatable bonds is 1. The zero-order chi connectivity index (χ0) is 9.26. The van der Waals surface area contributed by atoms with Crippen molar-refractivity contribution in [1.29, 1.82) is 0 Å². The Morgan fingerprint density at radius 1 is 1.31 bits per heavy atom. The fourth-order valence-corrected chi connectivity index (χ4v) is 1.36. The van der Waals surface area contributed by atoms with Crippen LogP contribution in [-0.2, 0) is 4.79 Å². The van der Waals surface area contributed by atoms with Gasteiger partial charge in [-0.1, -0.05) is 0 Å². The van der Waals surface area contributed by atoms with Crippen molar-refractivity contribution in [1.82, 2.24) is 4.40 Å². The summed E-state index contributed by atoms with van der Waals surface area (Å²) in [4.78, 5) is 10.9. The average Bonchev–Trinajstić information content (AvgIpc) is 2.51. The number of hydrogen-bond donors (Lipinski definition) is 1. The van der Waals surface area contributed by atoms with E-state index >= 15 is 0 Å². The van der Waals surface area contributed by atoms with Crippen LogP contribution in [0, 0.1) is 0 Å². The monoisotopic (exact) mass is 174 g/mol. The van der Waals surface area contributed by atoms with Crippen LogP contribution in [-0.4, -0.2) is 10.3 Å². The molecule has 1 N–H and O–H groups in total. The van der Waals surface area contributed by atoms with Crippen molar-refractivity contribution in [2.45, 2.75) is 6.92 Å². The Labute approximate surface area is 76.0 Å². The summed E-state index contributed by atoms with van der Waals surface area (Å²) in [7, 11) is 0. The van der Waals surface area contributed by atoms with Crippen LogP contribution in [0.4, 0.5) is 5.69 Å². The summed E-state index contributed by atoms with van der Waals surface area (Å²) in [6, 6.07) is 7.70. The lowest BCUT2D eigenvalue weighted by atomic mass is 10.3. The molecule has 0 spiro atoms. The zero-order valence-corrected chi connectivity index (χ0v) is 7.32. The number of hydrogen-bond acceptors (Lipinski definition) is 1. The number of fused-ring (bicyclic) bond motifs is 1. The molecule has 0 unspecified atom stereocenters. The highest BCUT2D eigenvalue weighted by atomic mass is 16.1. The maximum atomic E-state index is 10.9. The summed E-state index contributed by atoms with van der Waals surface area (Å²) in [6.07, 6.45) is 3.89. The van der Waals surface area contributed by atoms with Crippen molar-refractivity contribution < 1.29 is 4.79 Å². The van der Waals surface area contributed by atoms with Crippen LogP contribution in [0.15, 0.2) is 36.7 Å². The topological polar surface area (TPSA) is 33.5 Å². The smallest absolute Gasteiger partial charge is 0.221 e. The van der Waals surface area contributed by atoms with Crippen molar-refractivity contribution >= 4 is 17.1 Å². The molecule has 0 fully saturated rings. The second kappa shape index (κ2) is 2.94. The van der Waals surface area contributed by atoms with Crippen LogP contribution < -0.4 is 5.32 Å². The summed E-state index contributed by atoms with van der Waals surface area (Å²) in [6.45, 7) is 1.51. The van der Waals surface area contributed by atoms with E-state index in [1.165, 1.54) is 6.92 Å². The van der Waals surface area contributed by atoms with Gasteiger partial charge in [0.25, 0.3) is 0 Å². The molecular formula is C10H10N2O. The molecule has 3 heteroatoms. The third kappa shape index (κ3) is 1.40. The molecule has 0 saturated heterocycles. The molecule has 0 aliphatic carbocycles. The fourth-order valence-electron chi connectivity index (χ4n) is 1.36. The van der Waals surface area contributed by atoms with Gasteiger partial charge in [-0.2, -0.15) is 0 Å². The molecule has 2 heterocycles. The first kappa shape index (κ1) is 7.86. The van der Waals surface area contributed by atoms with E-state index in [-0.39, 0.29) is 5.91 Å². The number of nitrogens with one attached hydrogen (secondary N) is 1. The Morgan fingerprint density at radius 2 is 2.00 bits per heavy atom. The Balaban J connectivity index is 2.54. The summed E-state index contributed by atoms with van der Waals surface area (Å²) in [5.41, 5.74) is 1.86. The minimum Gasteiger partial charge on any atom is -0.325 e. The lowest BCUT2D eigenvalue weighted by Gasteiger charge is -2.03. The van der Waals surface area contributed by atoms with Crippen LogP contribution in [0.3, 0.4) is 0 Å². The number of aromatic nitrogens is 1. The highest BCUT2D eigenvalue weighted by Crippen LogP contribution is 2.16. The van der Waals surface area contributed by atoms with Gasteiger partial charge >= 0.3 is 0 Å². The largest absolute Gasteiger partial charge is 0.325 e. The first-order valence-corrected chi connectivity index (χ1v) is 4.10. The van der Waals surface area contributed by atoms with E-state index in [1.807, 2.05) is 41.1 Å². The van der Waals surface area contributed by atoms with E-state index in [4.69, 9.17) is 0 Å². The Morgan fingerprint density at radius 3 is 2.69 bits per heavy atom. The van der Waals surface area contributed by atoms with Gasteiger partial charge in [-0.25, -0.2) is 0 Å². The van der Waals surface area contributed by atoms with Gasteiger partial charge in [0.15, 0.2) is 0 Å². The van der Waals surface area contributed by atoms with E-state index < -0.39 is 0 Å². The first-order chi connectivity index (χ1) is 6.27. The SMILES string of the molecule is CC(=O)Nc1cccn2cccc12. The molecule has 2 aromatic rings. The van der Waals surface area contributed by atoms with Gasteiger partial charge in [0.2, 0.25) is 5.91 Å². The molecule has 2 aromatic heterocycles. The standard InChI is InChI=1S/C10H10N2O/c1-8(13)11-9-4-2-6-12-7-3-5-10(9)12/h2-7H,1H3,(H,11,13). The molecular weight excluding hydrogens is 164 g/mol. The Hall–Kier alpha value is -1.77. The first-order valence-electron chi connectivity index (χ1n) is 4.10. The maximum absolute atomic E-state index is 10.9. The molecule has 0 aliphatic heterocycles. The molecule has 0 atom stereocenters. The van der Waals surface area contributed by atoms with Gasteiger partial charge in [-0.3, -0.25) is 4.79 Å². The molecule has 2 rings (SSSR count). The number of carbonyl (C=O) groups is 1. The molecule has 0 saturated carbocycles. The number of amides is 1. The predicted molar refractivity (Wildman–Crippen MR) is 51.7 cm³/mol. The van der Waals surface area contributed by atoms with Gasteiger partial charge in [-0.05, 0) is 24.3 Å². The minimum absolute atomic E-state index is 0.0469. The molecule has 1 amide bonds. The molecule has 0 bridgehead atoms. The lowest BCUT2D eigenvalue weighted by Crippen LogP contribution is -2.06. The van der Waals surface area contributed by atoms with E-state index in [0.29, 0.717) is 0 Å². The van der Waals surface area contributed by atoms with Crippen LogP contribution >= 0.6 is 0 Å². The normalized spacial score (nSPS) is 10.2. The quantitative estimate of drug-likeness (QED) is 0.703. The number of anilines is 1. The third-order valence-corrected chi connectivity index (χ3v) is 1.88. The van der Waals surface area contributed by atoms with E-state index in [9.17, 15) is 4.79 Å². The predicted octanol–water partition coefficient (Wildman–Crippen LogP) is 1.90. The van der Waals surface area contributed by atoms with E-state index in [2.05, 4.69) is 5.32 Å². The van der Waals surface area contributed by atoms with E-state index in [0.717, 1.165) is 11.2 Å². The average molecular weight is 174 g/mol. The molecule has 0 aromatic carbocycles. The fraction of sp³-hybridized carbons (Fsp3) is 0.100. The maximum Gasteiger partial charge on any atom is 0.221 e. The second-order valence-electron chi connectivity index (χ2n) is 2.90. The molecule has 13 heavy (non-hydrogen) atoms. The van der Waals surface area contributed by atoms with Gasteiger partial charge < -0.3 is 9.72 Å². The Bertz CT molecular complexity index is 445. The summed E-state index contributed by atoms with van der Waals surface area (Å²) < 4.78 is 1.96. The summed E-state index contributed by atoms with van der Waals surface area (Å²) >= 11 is 0. The van der Waals surface area contributed by atoms with Gasteiger partial charge in [-0.15, -0.1) is 0 Å². The molecule has 0 aliphatic rings. The van der Waals surface area contributed by atoms with Crippen molar-refractivity contribution in [2.75, 3.05) is 5.32 Å². The Kier molecular flexibility index (Phi) is 1.77. The van der Waals surface area contributed by atoms with Crippen LogP contribution in [0.1, 0.15) is 6.92 Å². The van der Waals surface area contributed by atoms with Crippen LogP contribution in [0.5, 0.6) is 0 Å². The van der Waals surface area contributed by atoms with Crippen LogP contribution in [0.2, 0.25) is 0 Å². The van der Waals surface area contributed by atoms with Crippen LogP contribution in [0.25, 0.3) is 5.52 Å². The summed E-state index contributed by atoms with van der Waals surface area (Å²) in [5.74, 6) is -0.0469. The van der Waals surface area contributed by atoms with Crippen molar-refractivity contribution in [3.63, 3.8) is 0 Å². The van der Waals surface area contributed by atoms with Gasteiger partial charge in [0.1, 0.15) is 0 Å². The van der Waals surface area contributed by atoms with Crippen molar-refractivity contribution in [2.24, 2.45) is 0 Å². The molecule has 3 nitrogen and oxygen atoms in total.